The van der Waals surface area contributed by atoms with Crippen molar-refractivity contribution in [1.82, 2.24) is 0 Å². The van der Waals surface area contributed by atoms with Crippen LogP contribution in [0.1, 0.15) is 27.7 Å². The second kappa shape index (κ2) is 6.84. The molecule has 0 unspecified atom stereocenters. The molecule has 0 heterocycles. The van der Waals surface area contributed by atoms with Gasteiger partial charge in [-0.3, -0.25) is 24.1 Å². The summed E-state index contributed by atoms with van der Waals surface area (Å²) in [7, 11) is 1.39. The Morgan fingerprint density at radius 2 is 1.27 bits per heavy atom. The fourth-order valence-electron chi connectivity index (χ4n) is 2.14. The van der Waals surface area contributed by atoms with Crippen LogP contribution in [-0.2, 0) is 19.2 Å². The SMILES string of the molecule is COc1ccc(N(C(C)=O)C(C)=O)cc1N(C(C)=O)C(C)=O. The number of rotatable bonds is 3. The number of imide groups is 2. The zero-order chi connectivity index (χ0) is 17.0. The third kappa shape index (κ3) is 3.49. The van der Waals surface area contributed by atoms with Crippen molar-refractivity contribution < 1.29 is 23.9 Å². The number of amides is 4. The summed E-state index contributed by atoms with van der Waals surface area (Å²) in [4.78, 5) is 48.5. The average Bonchev–Trinajstić information content (AvgIpc) is 2.37. The molecule has 0 N–H and O–H groups in total. The van der Waals surface area contributed by atoms with Gasteiger partial charge in [0, 0.05) is 27.7 Å². The normalized spacial score (nSPS) is 9.86. The Kier molecular flexibility index (Phi) is 5.39. The first-order valence-electron chi connectivity index (χ1n) is 6.51. The molecule has 1 aromatic rings. The van der Waals surface area contributed by atoms with E-state index in [1.807, 2.05) is 0 Å². The summed E-state index contributed by atoms with van der Waals surface area (Å²) in [6.07, 6.45) is 0. The third-order valence-corrected chi connectivity index (χ3v) is 2.92. The first-order valence-corrected chi connectivity index (χ1v) is 6.51. The third-order valence-electron chi connectivity index (χ3n) is 2.92. The van der Waals surface area contributed by atoms with Crippen LogP contribution in [0.15, 0.2) is 18.2 Å². The number of methoxy groups -OCH3 is 1. The average molecular weight is 306 g/mol. The van der Waals surface area contributed by atoms with Crippen LogP contribution in [0.3, 0.4) is 0 Å². The Balaban J connectivity index is 3.53. The number of nitrogens with zero attached hydrogens (tertiary/aromatic N) is 2. The first kappa shape index (κ1) is 17.4. The van der Waals surface area contributed by atoms with Crippen LogP contribution in [0.2, 0.25) is 0 Å². The summed E-state index contributed by atoms with van der Waals surface area (Å²) in [5.41, 5.74) is 0.427. The molecular formula is C15H18N2O5. The number of ether oxygens (including phenoxy) is 1. The summed E-state index contributed by atoms with van der Waals surface area (Å²) in [5, 5.41) is 0. The van der Waals surface area contributed by atoms with Gasteiger partial charge in [-0.05, 0) is 18.2 Å². The van der Waals surface area contributed by atoms with Crippen LogP contribution in [0.4, 0.5) is 11.4 Å². The Labute approximate surface area is 128 Å². The van der Waals surface area contributed by atoms with Gasteiger partial charge in [0.05, 0.1) is 18.5 Å². The molecule has 0 aliphatic carbocycles. The smallest absolute Gasteiger partial charge is 0.230 e. The van der Waals surface area contributed by atoms with Gasteiger partial charge in [0.2, 0.25) is 23.6 Å². The summed E-state index contributed by atoms with van der Waals surface area (Å²) in [5.74, 6) is -1.66. The van der Waals surface area contributed by atoms with Crippen molar-refractivity contribution in [3.63, 3.8) is 0 Å². The molecule has 0 bridgehead atoms. The van der Waals surface area contributed by atoms with Crippen LogP contribution in [-0.4, -0.2) is 30.7 Å². The van der Waals surface area contributed by atoms with Gasteiger partial charge >= 0.3 is 0 Å². The highest BCUT2D eigenvalue weighted by Gasteiger charge is 2.24. The van der Waals surface area contributed by atoms with E-state index < -0.39 is 23.6 Å². The standard InChI is InChI=1S/C15H18N2O5/c1-9(18)16(10(2)19)13-6-7-15(22-5)14(8-13)17(11(3)20)12(4)21/h6-8H,1-5H3. The van der Waals surface area contributed by atoms with Gasteiger partial charge in [0.25, 0.3) is 0 Å². The van der Waals surface area contributed by atoms with Crippen molar-refractivity contribution in [2.24, 2.45) is 0 Å². The molecule has 0 aliphatic rings. The lowest BCUT2D eigenvalue weighted by atomic mass is 10.2. The minimum Gasteiger partial charge on any atom is -0.495 e. The molecule has 0 spiro atoms. The van der Waals surface area contributed by atoms with Crippen LogP contribution in [0.25, 0.3) is 0 Å². The van der Waals surface area contributed by atoms with E-state index in [0.717, 1.165) is 9.80 Å². The predicted molar refractivity (Wildman–Crippen MR) is 80.7 cm³/mol. The quantitative estimate of drug-likeness (QED) is 0.845. The lowest BCUT2D eigenvalue weighted by Gasteiger charge is -2.23. The number of carbonyl (C=O) groups excluding carboxylic acids is 4. The second-order valence-corrected chi connectivity index (χ2v) is 4.60. The molecule has 0 saturated heterocycles. The Morgan fingerprint density at radius 3 is 1.64 bits per heavy atom. The molecule has 0 saturated carbocycles. The van der Waals surface area contributed by atoms with Gasteiger partial charge in [-0.15, -0.1) is 0 Å². The molecular weight excluding hydrogens is 288 g/mol. The second-order valence-electron chi connectivity index (χ2n) is 4.60. The van der Waals surface area contributed by atoms with Crippen molar-refractivity contribution in [2.45, 2.75) is 27.7 Å². The fourth-order valence-corrected chi connectivity index (χ4v) is 2.14. The number of anilines is 2. The van der Waals surface area contributed by atoms with E-state index in [2.05, 4.69) is 0 Å². The minimum atomic E-state index is -0.500. The maximum absolute atomic E-state index is 11.7. The van der Waals surface area contributed by atoms with Gasteiger partial charge in [-0.1, -0.05) is 0 Å². The monoisotopic (exact) mass is 306 g/mol. The molecule has 7 heteroatoms. The van der Waals surface area contributed by atoms with Crippen molar-refractivity contribution in [3.05, 3.63) is 18.2 Å². The first-order chi connectivity index (χ1) is 10.2. The van der Waals surface area contributed by atoms with Gasteiger partial charge in [0.1, 0.15) is 5.75 Å². The van der Waals surface area contributed by atoms with Crippen LogP contribution >= 0.6 is 0 Å². The van der Waals surface area contributed by atoms with Crippen LogP contribution in [0.5, 0.6) is 5.75 Å². The predicted octanol–water partition coefficient (Wildman–Crippen LogP) is 1.49. The summed E-state index contributed by atoms with van der Waals surface area (Å²) in [6.45, 7) is 4.97. The Morgan fingerprint density at radius 1 is 0.818 bits per heavy atom. The van der Waals surface area contributed by atoms with Crippen molar-refractivity contribution >= 4 is 35.0 Å². The Hall–Kier alpha value is -2.70. The van der Waals surface area contributed by atoms with Gasteiger partial charge in [-0.25, -0.2) is 4.90 Å². The molecule has 0 atom stereocenters. The zero-order valence-electron chi connectivity index (χ0n) is 13.2. The van der Waals surface area contributed by atoms with E-state index in [9.17, 15) is 19.2 Å². The van der Waals surface area contributed by atoms with Gasteiger partial charge in [0.15, 0.2) is 0 Å². The lowest BCUT2D eigenvalue weighted by Crippen LogP contribution is -2.35. The molecule has 1 aromatic carbocycles. The number of hydrogen-bond donors (Lipinski definition) is 0. The topological polar surface area (TPSA) is 84.0 Å². The van der Waals surface area contributed by atoms with Crippen molar-refractivity contribution in [3.8, 4) is 5.75 Å². The molecule has 0 aromatic heterocycles. The van der Waals surface area contributed by atoms with Gasteiger partial charge < -0.3 is 4.74 Å². The molecule has 0 radical (unpaired) electrons. The van der Waals surface area contributed by atoms with Gasteiger partial charge in [-0.2, -0.15) is 0 Å². The van der Waals surface area contributed by atoms with Crippen molar-refractivity contribution in [2.75, 3.05) is 16.9 Å². The molecule has 1 rings (SSSR count). The molecule has 0 fully saturated rings. The molecule has 4 amide bonds. The summed E-state index contributed by atoms with van der Waals surface area (Å²) in [6, 6.07) is 4.39. The van der Waals surface area contributed by atoms with E-state index in [1.54, 1.807) is 0 Å². The largest absolute Gasteiger partial charge is 0.495 e. The van der Waals surface area contributed by atoms with E-state index in [4.69, 9.17) is 4.74 Å². The number of hydrogen-bond acceptors (Lipinski definition) is 5. The Bertz CT molecular complexity index is 611. The molecule has 118 valence electrons. The van der Waals surface area contributed by atoms with E-state index >= 15 is 0 Å². The summed E-state index contributed by atoms with van der Waals surface area (Å²) < 4.78 is 5.15. The highest BCUT2D eigenvalue weighted by Crippen LogP contribution is 2.33. The highest BCUT2D eigenvalue weighted by molar-refractivity contribution is 6.16. The number of carbonyl (C=O) groups is 4. The highest BCUT2D eigenvalue weighted by atomic mass is 16.5. The molecule has 22 heavy (non-hydrogen) atoms. The van der Waals surface area contributed by atoms with Crippen LogP contribution < -0.4 is 14.5 Å². The zero-order valence-corrected chi connectivity index (χ0v) is 13.2. The van der Waals surface area contributed by atoms with E-state index in [0.29, 0.717) is 0 Å². The van der Waals surface area contributed by atoms with Crippen molar-refractivity contribution in [1.29, 1.82) is 0 Å². The van der Waals surface area contributed by atoms with Crippen LogP contribution in [0, 0.1) is 0 Å². The molecule has 7 nitrogen and oxygen atoms in total. The lowest BCUT2D eigenvalue weighted by molar-refractivity contribution is -0.125. The molecule has 0 aliphatic heterocycles. The minimum absolute atomic E-state index is 0.174. The fraction of sp³-hybridized carbons (Fsp3) is 0.333. The van der Waals surface area contributed by atoms with E-state index in [1.165, 1.54) is 53.0 Å². The maximum Gasteiger partial charge on any atom is 0.230 e. The van der Waals surface area contributed by atoms with E-state index in [-0.39, 0.29) is 17.1 Å². The maximum atomic E-state index is 11.7. The summed E-state index contributed by atoms with van der Waals surface area (Å²) >= 11 is 0. The number of benzene rings is 1.